The van der Waals surface area contributed by atoms with E-state index in [9.17, 15) is 9.59 Å². The molecule has 0 aromatic heterocycles. The minimum atomic E-state index is -0.932. The van der Waals surface area contributed by atoms with Crippen LogP contribution in [0.25, 0.3) is 0 Å². The predicted molar refractivity (Wildman–Crippen MR) is 67.9 cm³/mol. The molecule has 0 saturated carbocycles. The van der Waals surface area contributed by atoms with Crippen LogP contribution < -0.4 is 10.6 Å². The second-order valence-corrected chi connectivity index (χ2v) is 5.22. The summed E-state index contributed by atoms with van der Waals surface area (Å²) in [5.74, 6) is -1.58. The number of carboxylic acids is 1. The quantitative estimate of drug-likeness (QED) is 0.640. The number of rotatable bonds is 4. The first-order valence-corrected chi connectivity index (χ1v) is 6.63. The van der Waals surface area contributed by atoms with Crippen molar-refractivity contribution < 1.29 is 19.4 Å². The van der Waals surface area contributed by atoms with Gasteiger partial charge in [0.25, 0.3) is 0 Å². The number of aliphatic carboxylic acids is 1. The van der Waals surface area contributed by atoms with E-state index in [0.717, 1.165) is 19.4 Å². The van der Waals surface area contributed by atoms with Crippen LogP contribution in [0.3, 0.4) is 0 Å². The predicted octanol–water partition coefficient (Wildman–Crippen LogP) is -0.521. The van der Waals surface area contributed by atoms with Crippen LogP contribution in [-0.2, 0) is 9.53 Å². The van der Waals surface area contributed by atoms with Gasteiger partial charge in [0.15, 0.2) is 0 Å². The topological polar surface area (TPSA) is 90.9 Å². The number of carboxylic acid groups (broad SMARTS) is 1. The Morgan fingerprint density at radius 3 is 2.84 bits per heavy atom. The molecule has 2 heterocycles. The summed E-state index contributed by atoms with van der Waals surface area (Å²) in [6, 6.07) is -0.387. The highest BCUT2D eigenvalue weighted by molar-refractivity contribution is 5.77. The van der Waals surface area contributed by atoms with Crippen molar-refractivity contribution in [3.05, 3.63) is 0 Å². The van der Waals surface area contributed by atoms with Crippen molar-refractivity contribution in [2.45, 2.75) is 24.9 Å². The summed E-state index contributed by atoms with van der Waals surface area (Å²) in [6.45, 7) is 2.07. The Hall–Kier alpha value is -1.34. The van der Waals surface area contributed by atoms with E-state index in [4.69, 9.17) is 9.84 Å². The molecule has 2 aliphatic heterocycles. The average molecular weight is 271 g/mol. The summed E-state index contributed by atoms with van der Waals surface area (Å²) in [5, 5.41) is 14.5. The molecule has 19 heavy (non-hydrogen) atoms. The molecular formula is C12H21N3O4. The number of carbonyl (C=O) groups excluding carboxylic acids is 1. The largest absolute Gasteiger partial charge is 0.481 e. The molecule has 7 nitrogen and oxygen atoms in total. The zero-order valence-corrected chi connectivity index (χ0v) is 11.1. The van der Waals surface area contributed by atoms with Gasteiger partial charge in [0, 0.05) is 12.6 Å². The molecule has 0 radical (unpaired) electrons. The van der Waals surface area contributed by atoms with Gasteiger partial charge in [-0.15, -0.1) is 0 Å². The van der Waals surface area contributed by atoms with Gasteiger partial charge in [-0.05, 0) is 26.4 Å². The molecular weight excluding hydrogens is 250 g/mol. The summed E-state index contributed by atoms with van der Waals surface area (Å²) in [7, 11) is 2.04. The van der Waals surface area contributed by atoms with Crippen molar-refractivity contribution in [1.29, 1.82) is 0 Å². The minimum Gasteiger partial charge on any atom is -0.481 e. The molecule has 0 aromatic carbocycles. The van der Waals surface area contributed by atoms with Crippen LogP contribution in [0.4, 0.5) is 4.79 Å². The second-order valence-electron chi connectivity index (χ2n) is 5.22. The number of hydrogen-bond donors (Lipinski definition) is 3. The summed E-state index contributed by atoms with van der Waals surface area (Å²) in [5.41, 5.74) is 0. The normalized spacial score (nSPS) is 31.3. The lowest BCUT2D eigenvalue weighted by molar-refractivity contribution is -0.142. The third-order valence-electron chi connectivity index (χ3n) is 3.88. The van der Waals surface area contributed by atoms with E-state index in [2.05, 4.69) is 15.5 Å². The fourth-order valence-corrected chi connectivity index (χ4v) is 2.61. The highest BCUT2D eigenvalue weighted by Crippen LogP contribution is 2.14. The number of carbonyl (C=O) groups is 2. The van der Waals surface area contributed by atoms with Crippen LogP contribution >= 0.6 is 0 Å². The summed E-state index contributed by atoms with van der Waals surface area (Å²) in [4.78, 5) is 24.9. The SMILES string of the molecule is CN1CCCC1CNC(=O)NC1COCC1C(=O)O. The molecule has 108 valence electrons. The molecule has 0 spiro atoms. The number of hydrogen-bond acceptors (Lipinski definition) is 4. The Balaban J connectivity index is 1.73. The molecule has 0 aliphatic carbocycles. The minimum absolute atomic E-state index is 0.158. The number of amides is 2. The van der Waals surface area contributed by atoms with Gasteiger partial charge >= 0.3 is 12.0 Å². The molecule has 2 fully saturated rings. The number of likely N-dealkylation sites (N-methyl/N-ethyl adjacent to an activating group) is 1. The Morgan fingerprint density at radius 1 is 1.42 bits per heavy atom. The van der Waals surface area contributed by atoms with Crippen LogP contribution in [0, 0.1) is 5.92 Å². The van der Waals surface area contributed by atoms with E-state index in [1.807, 2.05) is 7.05 Å². The van der Waals surface area contributed by atoms with E-state index in [1.165, 1.54) is 0 Å². The lowest BCUT2D eigenvalue weighted by atomic mass is 10.0. The highest BCUT2D eigenvalue weighted by atomic mass is 16.5. The Morgan fingerprint density at radius 2 is 2.21 bits per heavy atom. The standard InChI is InChI=1S/C12H21N3O4/c1-15-4-2-3-8(15)5-13-12(18)14-10-7-19-6-9(10)11(16)17/h8-10H,2-7H2,1H3,(H,16,17)(H2,13,14,18). The fraction of sp³-hybridized carbons (Fsp3) is 0.833. The van der Waals surface area contributed by atoms with Crippen LogP contribution in [0.1, 0.15) is 12.8 Å². The van der Waals surface area contributed by atoms with Crippen molar-refractivity contribution in [2.24, 2.45) is 5.92 Å². The maximum absolute atomic E-state index is 11.7. The Bertz CT molecular complexity index is 350. The fourth-order valence-electron chi connectivity index (χ4n) is 2.61. The van der Waals surface area contributed by atoms with Gasteiger partial charge in [0.2, 0.25) is 0 Å². The number of nitrogens with zero attached hydrogens (tertiary/aromatic N) is 1. The molecule has 3 atom stereocenters. The third kappa shape index (κ3) is 3.57. The van der Waals surface area contributed by atoms with Gasteiger partial charge in [-0.25, -0.2) is 4.79 Å². The summed E-state index contributed by atoms with van der Waals surface area (Å²) < 4.78 is 5.10. The molecule has 3 unspecified atom stereocenters. The highest BCUT2D eigenvalue weighted by Gasteiger charge is 2.35. The maximum atomic E-state index is 11.7. The monoisotopic (exact) mass is 271 g/mol. The lowest BCUT2D eigenvalue weighted by Gasteiger charge is -2.21. The van der Waals surface area contributed by atoms with E-state index < -0.39 is 17.9 Å². The van der Waals surface area contributed by atoms with Crippen LogP contribution in [0.2, 0.25) is 0 Å². The lowest BCUT2D eigenvalue weighted by Crippen LogP contribution is -2.49. The smallest absolute Gasteiger partial charge is 0.315 e. The van der Waals surface area contributed by atoms with Crippen molar-refractivity contribution in [3.63, 3.8) is 0 Å². The number of ether oxygens (including phenoxy) is 1. The molecule has 2 rings (SSSR count). The zero-order chi connectivity index (χ0) is 13.8. The second kappa shape index (κ2) is 6.21. The van der Waals surface area contributed by atoms with Crippen molar-refractivity contribution >= 4 is 12.0 Å². The van der Waals surface area contributed by atoms with E-state index in [0.29, 0.717) is 12.6 Å². The molecule has 0 bridgehead atoms. The van der Waals surface area contributed by atoms with Gasteiger partial charge in [-0.2, -0.15) is 0 Å². The van der Waals surface area contributed by atoms with Crippen molar-refractivity contribution in [1.82, 2.24) is 15.5 Å². The summed E-state index contributed by atoms with van der Waals surface area (Å²) in [6.07, 6.45) is 2.24. The van der Waals surface area contributed by atoms with Crippen LogP contribution in [0.5, 0.6) is 0 Å². The molecule has 3 N–H and O–H groups in total. The molecule has 2 aliphatic rings. The van der Waals surface area contributed by atoms with E-state index >= 15 is 0 Å². The van der Waals surface area contributed by atoms with E-state index in [-0.39, 0.29) is 19.2 Å². The van der Waals surface area contributed by atoms with Gasteiger partial charge < -0.3 is 25.4 Å². The zero-order valence-electron chi connectivity index (χ0n) is 11.1. The van der Waals surface area contributed by atoms with Crippen LogP contribution in [0.15, 0.2) is 0 Å². The first-order chi connectivity index (χ1) is 9.08. The van der Waals surface area contributed by atoms with Crippen molar-refractivity contribution in [2.75, 3.05) is 33.4 Å². The van der Waals surface area contributed by atoms with Crippen LogP contribution in [-0.4, -0.2) is 67.4 Å². The molecule has 7 heteroatoms. The first-order valence-electron chi connectivity index (χ1n) is 6.63. The van der Waals surface area contributed by atoms with Crippen molar-refractivity contribution in [3.8, 4) is 0 Å². The van der Waals surface area contributed by atoms with Gasteiger partial charge in [0.05, 0.1) is 19.3 Å². The average Bonchev–Trinajstić information content (AvgIpc) is 2.95. The van der Waals surface area contributed by atoms with E-state index in [1.54, 1.807) is 0 Å². The number of likely N-dealkylation sites (tertiary alicyclic amines) is 1. The Labute approximate surface area is 112 Å². The Kier molecular flexibility index (Phi) is 4.60. The third-order valence-corrected chi connectivity index (χ3v) is 3.88. The first kappa shape index (κ1) is 14.1. The molecule has 2 amide bonds. The van der Waals surface area contributed by atoms with Gasteiger partial charge in [-0.3, -0.25) is 4.79 Å². The summed E-state index contributed by atoms with van der Waals surface area (Å²) >= 11 is 0. The maximum Gasteiger partial charge on any atom is 0.315 e. The number of nitrogens with one attached hydrogen (secondary N) is 2. The van der Waals surface area contributed by atoms with Gasteiger partial charge in [-0.1, -0.05) is 0 Å². The van der Waals surface area contributed by atoms with Gasteiger partial charge in [0.1, 0.15) is 5.92 Å². The number of urea groups is 1. The molecule has 2 saturated heterocycles. The molecule has 0 aromatic rings.